The molecule has 0 aliphatic carbocycles. The summed E-state index contributed by atoms with van der Waals surface area (Å²) in [4.78, 5) is 14.2. The van der Waals surface area contributed by atoms with Crippen LogP contribution in [0.5, 0.6) is 5.75 Å². The Balaban J connectivity index is 0.00000147. The molecule has 1 aromatic rings. The zero-order chi connectivity index (χ0) is 13.2. The fraction of sp³-hybridized carbons (Fsp3) is 0.500. The highest BCUT2D eigenvalue weighted by atomic mass is 35.5. The highest BCUT2D eigenvalue weighted by Gasteiger charge is 2.28. The number of hydrogen-bond donors (Lipinski definition) is 2. The summed E-state index contributed by atoms with van der Waals surface area (Å²) in [5.74, 6) is 0.348. The van der Waals surface area contributed by atoms with Crippen molar-refractivity contribution in [3.05, 3.63) is 29.3 Å². The van der Waals surface area contributed by atoms with Gasteiger partial charge in [0.25, 0.3) is 0 Å². The second-order valence-corrected chi connectivity index (χ2v) is 5.04. The van der Waals surface area contributed by atoms with Crippen molar-refractivity contribution in [1.82, 2.24) is 10.2 Å². The number of carbonyl (C=O) groups is 1. The minimum atomic E-state index is -0.229. The van der Waals surface area contributed by atoms with Crippen molar-refractivity contribution < 1.29 is 14.6 Å². The SMILES string of the molecule is Cl.O=C(C1COCCN1)N1CCc2ccc(O)cc2C1. The summed E-state index contributed by atoms with van der Waals surface area (Å²) in [6.07, 6.45) is 0.842. The molecule has 0 radical (unpaired) electrons. The maximum absolute atomic E-state index is 12.4. The van der Waals surface area contributed by atoms with E-state index in [1.165, 1.54) is 5.56 Å². The Hall–Kier alpha value is -1.30. The lowest BCUT2D eigenvalue weighted by Crippen LogP contribution is -2.53. The molecule has 20 heavy (non-hydrogen) atoms. The number of morpholine rings is 1. The molecule has 1 amide bonds. The van der Waals surface area contributed by atoms with Crippen LogP contribution in [0.1, 0.15) is 11.1 Å². The van der Waals surface area contributed by atoms with Crippen molar-refractivity contribution in [2.24, 2.45) is 0 Å². The number of phenolic OH excluding ortho intramolecular Hbond substituents is 1. The predicted molar refractivity (Wildman–Crippen MR) is 77.1 cm³/mol. The summed E-state index contributed by atoms with van der Waals surface area (Å²) in [7, 11) is 0. The molecule has 0 bridgehead atoms. The number of carbonyl (C=O) groups excluding carboxylic acids is 1. The van der Waals surface area contributed by atoms with Crippen LogP contribution in [0.3, 0.4) is 0 Å². The Labute approximate surface area is 124 Å². The van der Waals surface area contributed by atoms with Gasteiger partial charge >= 0.3 is 0 Å². The maximum atomic E-state index is 12.4. The van der Waals surface area contributed by atoms with Crippen LogP contribution in [-0.2, 0) is 22.5 Å². The summed E-state index contributed by atoms with van der Waals surface area (Å²) < 4.78 is 5.33. The molecule has 110 valence electrons. The Morgan fingerprint density at radius 3 is 3.00 bits per heavy atom. The van der Waals surface area contributed by atoms with E-state index in [1.807, 2.05) is 11.0 Å². The quantitative estimate of drug-likeness (QED) is 0.801. The minimum absolute atomic E-state index is 0. The molecule has 0 spiro atoms. The van der Waals surface area contributed by atoms with E-state index in [9.17, 15) is 9.90 Å². The Morgan fingerprint density at radius 2 is 2.25 bits per heavy atom. The molecular weight excluding hydrogens is 280 g/mol. The topological polar surface area (TPSA) is 61.8 Å². The Kier molecular flexibility index (Phi) is 4.86. The molecule has 1 atom stereocenters. The van der Waals surface area contributed by atoms with Gasteiger partial charge in [0.15, 0.2) is 0 Å². The van der Waals surface area contributed by atoms with E-state index in [4.69, 9.17) is 4.74 Å². The number of ether oxygens (including phenoxy) is 1. The van der Waals surface area contributed by atoms with Gasteiger partial charge in [-0.1, -0.05) is 6.07 Å². The molecule has 1 saturated heterocycles. The van der Waals surface area contributed by atoms with Gasteiger partial charge in [0, 0.05) is 19.6 Å². The third-order valence-electron chi connectivity index (χ3n) is 3.73. The first-order valence-electron chi connectivity index (χ1n) is 6.65. The summed E-state index contributed by atoms with van der Waals surface area (Å²) in [6.45, 7) is 3.14. The second kappa shape index (κ2) is 6.43. The summed E-state index contributed by atoms with van der Waals surface area (Å²) in [5, 5.41) is 12.7. The van der Waals surface area contributed by atoms with Crippen LogP contribution in [0.2, 0.25) is 0 Å². The minimum Gasteiger partial charge on any atom is -0.508 e. The molecule has 2 heterocycles. The molecule has 5 nitrogen and oxygen atoms in total. The van der Waals surface area contributed by atoms with Gasteiger partial charge in [-0.2, -0.15) is 0 Å². The third-order valence-corrected chi connectivity index (χ3v) is 3.73. The van der Waals surface area contributed by atoms with Crippen LogP contribution in [-0.4, -0.2) is 48.3 Å². The lowest BCUT2D eigenvalue weighted by molar-refractivity contribution is -0.137. The van der Waals surface area contributed by atoms with E-state index in [1.54, 1.807) is 12.1 Å². The van der Waals surface area contributed by atoms with E-state index in [2.05, 4.69) is 5.32 Å². The standard InChI is InChI=1S/C14H18N2O3.ClH/c17-12-2-1-10-3-5-16(8-11(10)7-12)14(18)13-9-19-6-4-15-13;/h1-2,7,13,15,17H,3-6,8-9H2;1H. The molecule has 6 heteroatoms. The van der Waals surface area contributed by atoms with Crippen molar-refractivity contribution in [3.63, 3.8) is 0 Å². The molecule has 1 unspecified atom stereocenters. The summed E-state index contributed by atoms with van der Waals surface area (Å²) in [6, 6.07) is 5.16. The molecule has 0 aromatic heterocycles. The number of nitrogens with one attached hydrogen (secondary N) is 1. The zero-order valence-corrected chi connectivity index (χ0v) is 12.0. The Morgan fingerprint density at radius 1 is 1.40 bits per heavy atom. The summed E-state index contributed by atoms with van der Waals surface area (Å²) in [5.41, 5.74) is 2.26. The number of rotatable bonds is 1. The van der Waals surface area contributed by atoms with Crippen molar-refractivity contribution in [2.45, 2.75) is 19.0 Å². The van der Waals surface area contributed by atoms with Gasteiger partial charge in [-0.3, -0.25) is 4.79 Å². The van der Waals surface area contributed by atoms with E-state index < -0.39 is 0 Å². The van der Waals surface area contributed by atoms with Crippen molar-refractivity contribution >= 4 is 18.3 Å². The van der Waals surface area contributed by atoms with Gasteiger partial charge in [-0.05, 0) is 29.7 Å². The van der Waals surface area contributed by atoms with Crippen LogP contribution in [0, 0.1) is 0 Å². The van der Waals surface area contributed by atoms with Crippen molar-refractivity contribution in [1.29, 1.82) is 0 Å². The van der Waals surface area contributed by atoms with E-state index in [0.717, 1.165) is 25.1 Å². The first kappa shape index (κ1) is 15.1. The second-order valence-electron chi connectivity index (χ2n) is 5.04. The maximum Gasteiger partial charge on any atom is 0.242 e. The number of fused-ring (bicyclic) bond motifs is 1. The normalized spacial score (nSPS) is 21.8. The van der Waals surface area contributed by atoms with Gasteiger partial charge in [0.2, 0.25) is 5.91 Å². The number of nitrogens with zero attached hydrogens (tertiary/aromatic N) is 1. The monoisotopic (exact) mass is 298 g/mol. The van der Waals surface area contributed by atoms with E-state index in [-0.39, 0.29) is 30.1 Å². The summed E-state index contributed by atoms with van der Waals surface area (Å²) >= 11 is 0. The molecule has 1 aromatic carbocycles. The van der Waals surface area contributed by atoms with Crippen LogP contribution in [0.25, 0.3) is 0 Å². The van der Waals surface area contributed by atoms with Crippen LogP contribution >= 0.6 is 12.4 Å². The third kappa shape index (κ3) is 3.06. The number of benzene rings is 1. The van der Waals surface area contributed by atoms with Gasteiger partial charge in [-0.25, -0.2) is 0 Å². The van der Waals surface area contributed by atoms with E-state index in [0.29, 0.717) is 19.8 Å². The van der Waals surface area contributed by atoms with Crippen molar-refractivity contribution in [3.8, 4) is 5.75 Å². The average molecular weight is 299 g/mol. The van der Waals surface area contributed by atoms with Gasteiger partial charge in [0.05, 0.1) is 13.2 Å². The van der Waals surface area contributed by atoms with Crippen LogP contribution in [0.4, 0.5) is 0 Å². The van der Waals surface area contributed by atoms with Crippen molar-refractivity contribution in [2.75, 3.05) is 26.3 Å². The molecule has 1 fully saturated rings. The fourth-order valence-electron chi connectivity index (χ4n) is 2.68. The highest BCUT2D eigenvalue weighted by molar-refractivity contribution is 5.85. The number of aromatic hydroxyl groups is 1. The lowest BCUT2D eigenvalue weighted by Gasteiger charge is -2.33. The van der Waals surface area contributed by atoms with E-state index >= 15 is 0 Å². The lowest BCUT2D eigenvalue weighted by atomic mass is 9.99. The molecular formula is C14H19ClN2O3. The molecule has 2 N–H and O–H groups in total. The van der Waals surface area contributed by atoms with Crippen LogP contribution < -0.4 is 5.32 Å². The highest BCUT2D eigenvalue weighted by Crippen LogP contribution is 2.23. The van der Waals surface area contributed by atoms with Crippen LogP contribution in [0.15, 0.2) is 18.2 Å². The largest absolute Gasteiger partial charge is 0.508 e. The Bertz CT molecular complexity index is 489. The fourth-order valence-corrected chi connectivity index (χ4v) is 2.68. The molecule has 2 aliphatic rings. The smallest absolute Gasteiger partial charge is 0.242 e. The molecule has 2 aliphatic heterocycles. The molecule has 0 saturated carbocycles. The number of amides is 1. The van der Waals surface area contributed by atoms with Gasteiger partial charge in [-0.15, -0.1) is 12.4 Å². The van der Waals surface area contributed by atoms with Gasteiger partial charge in [0.1, 0.15) is 11.8 Å². The first-order chi connectivity index (χ1) is 9.24. The zero-order valence-electron chi connectivity index (χ0n) is 11.2. The predicted octanol–water partition coefficient (Wildman–Crippen LogP) is 0.687. The number of halogens is 1. The van der Waals surface area contributed by atoms with Gasteiger partial charge < -0.3 is 20.1 Å². The number of phenols is 1. The molecule has 3 rings (SSSR count). The first-order valence-corrected chi connectivity index (χ1v) is 6.65. The average Bonchev–Trinajstić information content (AvgIpc) is 2.46. The number of hydrogen-bond acceptors (Lipinski definition) is 4.